The molecule has 0 saturated carbocycles. The molecule has 1 N–H and O–H groups in total. The van der Waals surface area contributed by atoms with E-state index in [4.69, 9.17) is 0 Å². The third-order valence-corrected chi connectivity index (χ3v) is 4.91. The molecule has 1 aliphatic rings. The molecule has 2 atom stereocenters. The van der Waals surface area contributed by atoms with Gasteiger partial charge < -0.3 is 10.2 Å². The zero-order valence-corrected chi connectivity index (χ0v) is 12.3. The van der Waals surface area contributed by atoms with Crippen LogP contribution >= 0.6 is 11.8 Å². The highest BCUT2D eigenvalue weighted by atomic mass is 32.2. The predicted octanol–water partition coefficient (Wildman–Crippen LogP) is 2.52. The third-order valence-electron chi connectivity index (χ3n) is 3.57. The number of aromatic nitrogens is 1. The molecule has 0 aliphatic carbocycles. The minimum Gasteiger partial charge on any atom is -0.352 e. The summed E-state index contributed by atoms with van der Waals surface area (Å²) in [6, 6.07) is 4.88. The Kier molecular flexibility index (Phi) is 4.89. The van der Waals surface area contributed by atoms with Crippen LogP contribution in [0.5, 0.6) is 0 Å². The summed E-state index contributed by atoms with van der Waals surface area (Å²) in [6.07, 6.45) is 1.93. The second kappa shape index (κ2) is 6.43. The molecule has 0 radical (unpaired) electrons. The van der Waals surface area contributed by atoms with Crippen molar-refractivity contribution in [1.29, 1.82) is 0 Å². The van der Waals surface area contributed by atoms with Crippen LogP contribution in [0.2, 0.25) is 0 Å². The highest BCUT2D eigenvalue weighted by Gasteiger charge is 2.26. The van der Waals surface area contributed by atoms with Crippen molar-refractivity contribution in [3.05, 3.63) is 23.9 Å². The first-order valence-electron chi connectivity index (χ1n) is 6.76. The van der Waals surface area contributed by atoms with Crippen LogP contribution in [0.25, 0.3) is 0 Å². The molecule has 0 amide bonds. The number of rotatable bonds is 4. The Morgan fingerprint density at radius 2 is 2.33 bits per heavy atom. The van der Waals surface area contributed by atoms with Crippen LogP contribution in [0, 0.1) is 0 Å². The Bertz CT molecular complexity index is 383. The van der Waals surface area contributed by atoms with Gasteiger partial charge in [-0.15, -0.1) is 0 Å². The van der Waals surface area contributed by atoms with Crippen LogP contribution in [0.4, 0.5) is 5.82 Å². The van der Waals surface area contributed by atoms with Crippen molar-refractivity contribution >= 4 is 17.6 Å². The van der Waals surface area contributed by atoms with E-state index in [2.05, 4.69) is 59.9 Å². The molecule has 2 heterocycles. The Morgan fingerprint density at radius 1 is 1.50 bits per heavy atom. The summed E-state index contributed by atoms with van der Waals surface area (Å²) in [6.45, 7) is 9.78. The minimum absolute atomic E-state index is 0.561. The molecule has 1 aromatic heterocycles. The summed E-state index contributed by atoms with van der Waals surface area (Å²) in [5.74, 6) is 2.33. The van der Waals surface area contributed by atoms with Gasteiger partial charge in [0.05, 0.1) is 0 Å². The summed E-state index contributed by atoms with van der Waals surface area (Å²) >= 11 is 2.06. The van der Waals surface area contributed by atoms with E-state index in [9.17, 15) is 0 Å². The van der Waals surface area contributed by atoms with E-state index < -0.39 is 0 Å². The zero-order valence-electron chi connectivity index (χ0n) is 11.5. The van der Waals surface area contributed by atoms with Gasteiger partial charge in [-0.3, -0.25) is 0 Å². The molecule has 0 aromatic carbocycles. The van der Waals surface area contributed by atoms with Crippen LogP contribution in [0.3, 0.4) is 0 Å². The fourth-order valence-electron chi connectivity index (χ4n) is 2.25. The lowest BCUT2D eigenvalue weighted by Gasteiger charge is -2.38. The normalized spacial score (nSPS) is 24.3. The second-order valence-corrected chi connectivity index (χ2v) is 6.30. The van der Waals surface area contributed by atoms with Crippen LogP contribution in [0.15, 0.2) is 18.3 Å². The van der Waals surface area contributed by atoms with Crippen molar-refractivity contribution in [3.63, 3.8) is 0 Å². The van der Waals surface area contributed by atoms with Crippen LogP contribution < -0.4 is 10.2 Å². The van der Waals surface area contributed by atoms with Crippen molar-refractivity contribution in [3.8, 4) is 0 Å². The molecule has 1 saturated heterocycles. The molecule has 100 valence electrons. The van der Waals surface area contributed by atoms with Gasteiger partial charge in [0.25, 0.3) is 0 Å². The van der Waals surface area contributed by atoms with Crippen molar-refractivity contribution in [2.45, 2.75) is 38.6 Å². The van der Waals surface area contributed by atoms with Gasteiger partial charge in [-0.2, -0.15) is 11.8 Å². The number of nitrogens with one attached hydrogen (secondary N) is 1. The molecule has 2 unspecified atom stereocenters. The molecular formula is C14H23N3S. The Labute approximate surface area is 114 Å². The van der Waals surface area contributed by atoms with E-state index >= 15 is 0 Å². The van der Waals surface area contributed by atoms with Crippen molar-refractivity contribution in [2.75, 3.05) is 23.7 Å². The van der Waals surface area contributed by atoms with Crippen molar-refractivity contribution in [2.24, 2.45) is 0 Å². The molecule has 4 heteroatoms. The monoisotopic (exact) mass is 265 g/mol. The van der Waals surface area contributed by atoms with E-state index in [0.717, 1.165) is 25.5 Å². The van der Waals surface area contributed by atoms with Crippen LogP contribution in [0.1, 0.15) is 26.3 Å². The van der Waals surface area contributed by atoms with Gasteiger partial charge in [-0.25, -0.2) is 4.98 Å². The Morgan fingerprint density at radius 3 is 3.11 bits per heavy atom. The molecule has 1 fully saturated rings. The second-order valence-electron chi connectivity index (χ2n) is 4.81. The number of nitrogens with zero attached hydrogens (tertiary/aromatic N) is 2. The number of hydrogen-bond acceptors (Lipinski definition) is 4. The lowest BCUT2D eigenvalue weighted by molar-refractivity contribution is 0.619. The lowest BCUT2D eigenvalue weighted by atomic mass is 10.2. The zero-order chi connectivity index (χ0) is 13.0. The number of hydrogen-bond donors (Lipinski definition) is 1. The smallest absolute Gasteiger partial charge is 0.129 e. The molecule has 3 nitrogen and oxygen atoms in total. The SMILES string of the molecule is CCNCc1ccnc(N2CCSC(C)C2C)c1. The molecule has 1 aromatic rings. The largest absolute Gasteiger partial charge is 0.352 e. The molecule has 1 aliphatic heterocycles. The van der Waals surface area contributed by atoms with Gasteiger partial charge in [0.2, 0.25) is 0 Å². The van der Waals surface area contributed by atoms with Crippen LogP contribution in [-0.4, -0.2) is 35.1 Å². The summed E-state index contributed by atoms with van der Waals surface area (Å²) in [4.78, 5) is 6.99. The molecule has 0 bridgehead atoms. The van der Waals surface area contributed by atoms with Crippen LogP contribution in [-0.2, 0) is 6.54 Å². The molecule has 18 heavy (non-hydrogen) atoms. The number of anilines is 1. The van der Waals surface area contributed by atoms with Gasteiger partial charge in [-0.05, 0) is 31.2 Å². The van der Waals surface area contributed by atoms with Crippen molar-refractivity contribution in [1.82, 2.24) is 10.3 Å². The van der Waals surface area contributed by atoms with Gasteiger partial charge >= 0.3 is 0 Å². The first-order valence-corrected chi connectivity index (χ1v) is 7.81. The topological polar surface area (TPSA) is 28.2 Å². The average molecular weight is 265 g/mol. The predicted molar refractivity (Wildman–Crippen MR) is 80.3 cm³/mol. The Balaban J connectivity index is 2.11. The lowest BCUT2D eigenvalue weighted by Crippen LogP contribution is -2.45. The van der Waals surface area contributed by atoms with E-state index in [1.54, 1.807) is 0 Å². The highest BCUT2D eigenvalue weighted by molar-refractivity contribution is 8.00. The van der Waals surface area contributed by atoms with E-state index in [0.29, 0.717) is 11.3 Å². The maximum absolute atomic E-state index is 4.54. The first kappa shape index (κ1) is 13.7. The standard InChI is InChI=1S/C14H23N3S/c1-4-15-10-13-5-6-16-14(9-13)17-7-8-18-12(3)11(17)2/h5-6,9,11-12,15H,4,7-8,10H2,1-3H3. The van der Waals surface area contributed by atoms with E-state index in [-0.39, 0.29) is 0 Å². The first-order chi connectivity index (χ1) is 8.72. The maximum atomic E-state index is 4.54. The van der Waals surface area contributed by atoms with Crippen molar-refractivity contribution < 1.29 is 0 Å². The fourth-order valence-corrected chi connectivity index (χ4v) is 3.35. The molecular weight excluding hydrogens is 242 g/mol. The summed E-state index contributed by atoms with van der Waals surface area (Å²) in [7, 11) is 0. The molecule has 2 rings (SSSR count). The summed E-state index contributed by atoms with van der Waals surface area (Å²) in [5, 5.41) is 4.04. The van der Waals surface area contributed by atoms with Gasteiger partial charge in [-0.1, -0.05) is 13.8 Å². The highest BCUT2D eigenvalue weighted by Crippen LogP contribution is 2.28. The maximum Gasteiger partial charge on any atom is 0.129 e. The Hall–Kier alpha value is -0.740. The summed E-state index contributed by atoms with van der Waals surface area (Å²) in [5.41, 5.74) is 1.32. The fraction of sp³-hybridized carbons (Fsp3) is 0.643. The quantitative estimate of drug-likeness (QED) is 0.905. The van der Waals surface area contributed by atoms with Gasteiger partial charge in [0, 0.05) is 36.3 Å². The number of thioether (sulfide) groups is 1. The summed E-state index contributed by atoms with van der Waals surface area (Å²) < 4.78 is 0. The van der Waals surface area contributed by atoms with E-state index in [1.807, 2.05) is 6.20 Å². The third kappa shape index (κ3) is 3.18. The number of pyridine rings is 1. The van der Waals surface area contributed by atoms with Gasteiger partial charge in [0.1, 0.15) is 5.82 Å². The van der Waals surface area contributed by atoms with Gasteiger partial charge in [0.15, 0.2) is 0 Å². The average Bonchev–Trinajstić information content (AvgIpc) is 2.40. The van der Waals surface area contributed by atoms with E-state index in [1.165, 1.54) is 11.3 Å². The minimum atomic E-state index is 0.561. The molecule has 0 spiro atoms.